The number of nitrogens with zero attached hydrogens (tertiary/aromatic N) is 4. The van der Waals surface area contributed by atoms with Gasteiger partial charge in [-0.05, 0) is 84.9 Å². The van der Waals surface area contributed by atoms with E-state index >= 15 is 8.78 Å². The predicted molar refractivity (Wildman–Crippen MR) is 144 cm³/mol. The number of anilines is 2. The van der Waals surface area contributed by atoms with Crippen LogP contribution in [0, 0.1) is 17.6 Å². The van der Waals surface area contributed by atoms with Crippen LogP contribution in [0.2, 0.25) is 0 Å². The molecule has 6 rings (SSSR count). The Morgan fingerprint density at radius 1 is 1.05 bits per heavy atom. The van der Waals surface area contributed by atoms with Crippen molar-refractivity contribution in [2.24, 2.45) is 11.7 Å². The summed E-state index contributed by atoms with van der Waals surface area (Å²) >= 11 is 0. The summed E-state index contributed by atoms with van der Waals surface area (Å²) in [6.45, 7) is 3.20. The zero-order chi connectivity index (χ0) is 27.1. The molecule has 4 atom stereocenters. The number of nitrogens with two attached hydrogens (primary N) is 1. The number of halogens is 2. The predicted octanol–water partition coefficient (Wildman–Crippen LogP) is 4.91. The van der Waals surface area contributed by atoms with Gasteiger partial charge in [0, 0.05) is 25.5 Å². The van der Waals surface area contributed by atoms with Crippen molar-refractivity contribution in [3.8, 4) is 11.3 Å². The number of aliphatic hydroxyl groups excluding tert-OH is 1. The molecule has 4 heterocycles. The summed E-state index contributed by atoms with van der Waals surface area (Å²) in [4.78, 5) is 8.75. The monoisotopic (exact) mass is 534 g/mol. The molecule has 1 saturated carbocycles. The molecule has 39 heavy (non-hydrogen) atoms. The highest BCUT2D eigenvalue weighted by molar-refractivity contribution is 5.66. The number of aromatic nitrogens is 4. The highest BCUT2D eigenvalue weighted by Gasteiger charge is 2.34. The van der Waals surface area contributed by atoms with Gasteiger partial charge in [0.25, 0.3) is 0 Å². The minimum absolute atomic E-state index is 0.0684. The summed E-state index contributed by atoms with van der Waals surface area (Å²) in [5, 5.41) is 18.2. The van der Waals surface area contributed by atoms with Crippen LogP contribution in [0.5, 0.6) is 0 Å². The fourth-order valence-corrected chi connectivity index (χ4v) is 6.02. The number of aliphatic hydroxyl groups is 1. The summed E-state index contributed by atoms with van der Waals surface area (Å²) in [7, 11) is 0. The first-order valence-electron chi connectivity index (χ1n) is 13.5. The number of ether oxygens (including phenoxy) is 1. The number of rotatable bonds is 5. The van der Waals surface area contributed by atoms with Gasteiger partial charge in [0.15, 0.2) is 0 Å². The second-order valence-corrected chi connectivity index (χ2v) is 10.8. The molecular formula is C29H32F2N6O2. The molecule has 1 saturated heterocycles. The average molecular weight is 535 g/mol. The third-order valence-electron chi connectivity index (χ3n) is 8.17. The highest BCUT2D eigenvalue weighted by atomic mass is 19.1. The van der Waals surface area contributed by atoms with Gasteiger partial charge >= 0.3 is 0 Å². The van der Waals surface area contributed by atoms with Gasteiger partial charge < -0.3 is 20.9 Å². The molecule has 8 nitrogen and oxygen atoms in total. The maximum atomic E-state index is 15.3. The van der Waals surface area contributed by atoms with Crippen molar-refractivity contribution in [1.29, 1.82) is 0 Å². The molecular weight excluding hydrogens is 502 g/mol. The minimum atomic E-state index is -0.641. The number of fused-ring (bicyclic) bond motifs is 1. The molecule has 0 radical (unpaired) electrons. The van der Waals surface area contributed by atoms with Crippen LogP contribution in [-0.2, 0) is 4.74 Å². The van der Waals surface area contributed by atoms with Crippen molar-refractivity contribution in [3.05, 3.63) is 71.7 Å². The third kappa shape index (κ3) is 4.99. The van der Waals surface area contributed by atoms with Gasteiger partial charge in [-0.1, -0.05) is 6.92 Å². The van der Waals surface area contributed by atoms with Gasteiger partial charge in [0.05, 0.1) is 41.0 Å². The Morgan fingerprint density at radius 2 is 1.82 bits per heavy atom. The summed E-state index contributed by atoms with van der Waals surface area (Å²) in [6.07, 6.45) is 7.51. The summed E-state index contributed by atoms with van der Waals surface area (Å²) < 4.78 is 37.5. The molecule has 0 bridgehead atoms. The van der Waals surface area contributed by atoms with E-state index in [1.54, 1.807) is 30.7 Å². The lowest BCUT2D eigenvalue weighted by Gasteiger charge is -2.36. The van der Waals surface area contributed by atoms with Crippen LogP contribution >= 0.6 is 0 Å². The van der Waals surface area contributed by atoms with Gasteiger partial charge in [-0.15, -0.1) is 0 Å². The molecule has 204 valence electrons. The average Bonchev–Trinajstić information content (AvgIpc) is 3.34. The van der Waals surface area contributed by atoms with E-state index in [-0.39, 0.29) is 35.1 Å². The van der Waals surface area contributed by atoms with Crippen LogP contribution in [0.15, 0.2) is 48.9 Å². The summed E-state index contributed by atoms with van der Waals surface area (Å²) in [5.41, 5.74) is 9.31. The van der Waals surface area contributed by atoms with Gasteiger partial charge in [-0.25, -0.2) is 13.8 Å². The number of hydrogen-bond acceptors (Lipinski definition) is 7. The van der Waals surface area contributed by atoms with Crippen molar-refractivity contribution in [2.45, 2.75) is 56.6 Å². The second-order valence-electron chi connectivity index (χ2n) is 10.8. The van der Waals surface area contributed by atoms with Crippen molar-refractivity contribution >= 4 is 17.2 Å². The van der Waals surface area contributed by atoms with Crippen LogP contribution in [0.25, 0.3) is 16.8 Å². The van der Waals surface area contributed by atoms with E-state index in [4.69, 9.17) is 10.5 Å². The Morgan fingerprint density at radius 3 is 2.56 bits per heavy atom. The SMILES string of the molecule is C[C@H]1C[C@@H](c2ccncc2Nc2ncc3ccc(-c4c(F)cc(C5CCOCC5)cc4F)nn23)C[C@@H](N)[C@@H]1O. The first kappa shape index (κ1) is 25.8. The van der Waals surface area contributed by atoms with Gasteiger partial charge in [0.2, 0.25) is 5.95 Å². The van der Waals surface area contributed by atoms with Crippen molar-refractivity contribution in [2.75, 3.05) is 18.5 Å². The third-order valence-corrected chi connectivity index (χ3v) is 8.17. The van der Waals surface area contributed by atoms with E-state index < -0.39 is 17.7 Å². The van der Waals surface area contributed by atoms with Crippen molar-refractivity contribution in [1.82, 2.24) is 19.6 Å². The maximum absolute atomic E-state index is 15.3. The van der Waals surface area contributed by atoms with E-state index in [0.29, 0.717) is 36.7 Å². The molecule has 10 heteroatoms. The van der Waals surface area contributed by atoms with E-state index in [1.807, 2.05) is 13.0 Å². The van der Waals surface area contributed by atoms with E-state index in [9.17, 15) is 5.11 Å². The molecule has 2 aliphatic rings. The molecule has 2 fully saturated rings. The number of pyridine rings is 1. The minimum Gasteiger partial charge on any atom is -0.391 e. The number of nitrogens with one attached hydrogen (secondary N) is 1. The first-order valence-corrected chi connectivity index (χ1v) is 13.5. The largest absolute Gasteiger partial charge is 0.391 e. The Bertz CT molecular complexity index is 1450. The Balaban J connectivity index is 1.32. The first-order chi connectivity index (χ1) is 18.9. The number of imidazole rings is 1. The topological polar surface area (TPSA) is 111 Å². The molecule has 4 aromatic rings. The molecule has 1 aliphatic carbocycles. The molecule has 1 aromatic carbocycles. The van der Waals surface area contributed by atoms with Crippen molar-refractivity contribution < 1.29 is 18.6 Å². The Hall–Kier alpha value is -3.47. The van der Waals surface area contributed by atoms with E-state index in [2.05, 4.69) is 20.4 Å². The normalized spacial score (nSPS) is 24.2. The molecule has 4 N–H and O–H groups in total. The zero-order valence-corrected chi connectivity index (χ0v) is 21.7. The van der Waals surface area contributed by atoms with Gasteiger partial charge in [0.1, 0.15) is 11.6 Å². The fourth-order valence-electron chi connectivity index (χ4n) is 6.02. The molecule has 1 aliphatic heterocycles. The van der Waals surface area contributed by atoms with Crippen LogP contribution < -0.4 is 11.1 Å². The standard InChI is InChI=1S/C29H32F2N6O2/c1-16-10-19(13-24(32)28(16)38)21-4-7-33-15-26(21)35-29-34-14-20-2-3-25(36-37(20)29)27-22(30)11-18(12-23(27)31)17-5-8-39-9-6-17/h2-4,7,11-12,14-17,19,24,28,38H,5-6,8-10,13,32H2,1H3,(H,34,35)/t16-,19+,24+,28+/m0/s1. The number of benzene rings is 1. The Kier molecular flexibility index (Phi) is 7.01. The zero-order valence-electron chi connectivity index (χ0n) is 21.7. The summed E-state index contributed by atoms with van der Waals surface area (Å²) in [5.74, 6) is -0.603. The Labute approximate surface area is 225 Å². The smallest absolute Gasteiger partial charge is 0.229 e. The fraction of sp³-hybridized carbons (Fsp3) is 0.414. The molecule has 0 spiro atoms. The molecule has 3 aromatic heterocycles. The van der Waals surface area contributed by atoms with Crippen molar-refractivity contribution in [3.63, 3.8) is 0 Å². The second kappa shape index (κ2) is 10.6. The van der Waals surface area contributed by atoms with E-state index in [0.717, 1.165) is 30.5 Å². The lowest BCUT2D eigenvalue weighted by Crippen LogP contribution is -2.44. The molecule has 0 amide bonds. The lowest BCUT2D eigenvalue weighted by molar-refractivity contribution is 0.0521. The van der Waals surface area contributed by atoms with Gasteiger partial charge in [-0.3, -0.25) is 4.98 Å². The van der Waals surface area contributed by atoms with Crippen LogP contribution in [0.3, 0.4) is 0 Å². The highest BCUT2D eigenvalue weighted by Crippen LogP contribution is 2.39. The summed E-state index contributed by atoms with van der Waals surface area (Å²) in [6, 6.07) is 7.81. The van der Waals surface area contributed by atoms with Gasteiger partial charge in [-0.2, -0.15) is 9.61 Å². The van der Waals surface area contributed by atoms with Crippen LogP contribution in [0.1, 0.15) is 55.6 Å². The molecule has 0 unspecified atom stereocenters. The van der Waals surface area contributed by atoms with E-state index in [1.165, 1.54) is 16.6 Å². The quantitative estimate of drug-likeness (QED) is 0.334. The lowest BCUT2D eigenvalue weighted by atomic mass is 9.74. The van der Waals surface area contributed by atoms with Crippen LogP contribution in [-0.4, -0.2) is 50.0 Å². The van der Waals surface area contributed by atoms with Crippen LogP contribution in [0.4, 0.5) is 20.4 Å². The maximum Gasteiger partial charge on any atom is 0.229 e. The number of hydrogen-bond donors (Lipinski definition) is 3.